The van der Waals surface area contributed by atoms with E-state index in [1.807, 2.05) is 36.4 Å². The number of rotatable bonds is 6. The number of carbonyl (C=O) groups is 1. The molecule has 0 spiro atoms. The Morgan fingerprint density at radius 2 is 1.52 bits per heavy atom. The van der Waals surface area contributed by atoms with Crippen molar-refractivity contribution in [3.63, 3.8) is 0 Å². The van der Waals surface area contributed by atoms with Crippen LogP contribution in [0, 0.1) is 0 Å². The molecule has 0 atom stereocenters. The van der Waals surface area contributed by atoms with Crippen molar-refractivity contribution in [2.75, 3.05) is 30.3 Å². The van der Waals surface area contributed by atoms with Gasteiger partial charge in [0.25, 0.3) is 0 Å². The van der Waals surface area contributed by atoms with Crippen molar-refractivity contribution in [3.05, 3.63) is 72.8 Å². The Morgan fingerprint density at radius 1 is 0.889 bits per heavy atom. The molecule has 27 heavy (non-hydrogen) atoms. The van der Waals surface area contributed by atoms with Crippen LogP contribution in [-0.4, -0.2) is 39.3 Å². The quantitative estimate of drug-likeness (QED) is 0.711. The lowest BCUT2D eigenvalue weighted by molar-refractivity contribution is -0.114. The molecular formula is C20H21N3O3S. The van der Waals surface area contributed by atoms with E-state index in [9.17, 15) is 13.2 Å². The molecule has 0 radical (unpaired) electrons. The van der Waals surface area contributed by atoms with Gasteiger partial charge >= 0.3 is 10.2 Å². The molecule has 0 aromatic heterocycles. The summed E-state index contributed by atoms with van der Waals surface area (Å²) in [5.74, 6) is -0.416. The molecule has 140 valence electrons. The Morgan fingerprint density at radius 3 is 2.22 bits per heavy atom. The van der Waals surface area contributed by atoms with Gasteiger partial charge in [-0.2, -0.15) is 12.7 Å². The van der Waals surface area contributed by atoms with Crippen molar-refractivity contribution in [2.45, 2.75) is 0 Å². The van der Waals surface area contributed by atoms with Gasteiger partial charge in [-0.15, -0.1) is 0 Å². The summed E-state index contributed by atoms with van der Waals surface area (Å²) in [5, 5.41) is 4.73. The minimum Gasteiger partial charge on any atom is -0.324 e. The van der Waals surface area contributed by atoms with Gasteiger partial charge in [0.15, 0.2) is 0 Å². The number of carbonyl (C=O) groups excluding carboxylic acids is 1. The molecule has 1 amide bonds. The molecule has 0 unspecified atom stereocenters. The highest BCUT2D eigenvalue weighted by molar-refractivity contribution is 7.90. The van der Waals surface area contributed by atoms with Crippen LogP contribution in [0.4, 0.5) is 11.4 Å². The number of para-hydroxylation sites is 1. The first-order valence-electron chi connectivity index (χ1n) is 8.42. The first kappa shape index (κ1) is 18.9. The second-order valence-electron chi connectivity index (χ2n) is 6.21. The molecule has 6 nitrogen and oxygen atoms in total. The van der Waals surface area contributed by atoms with E-state index < -0.39 is 16.1 Å². The van der Waals surface area contributed by atoms with Crippen LogP contribution in [0.15, 0.2) is 72.8 Å². The van der Waals surface area contributed by atoms with E-state index in [1.165, 1.54) is 14.1 Å². The summed E-state index contributed by atoms with van der Waals surface area (Å²) in [6.07, 6.45) is 0. The SMILES string of the molecule is CN(C)S(=O)(=O)N(CC(=O)Nc1cccc2ccccc12)c1ccccc1. The first-order chi connectivity index (χ1) is 12.9. The Hall–Kier alpha value is -2.90. The summed E-state index contributed by atoms with van der Waals surface area (Å²) < 4.78 is 27.6. The maximum absolute atomic E-state index is 12.7. The van der Waals surface area contributed by atoms with Gasteiger partial charge in [-0.05, 0) is 23.6 Å². The summed E-state index contributed by atoms with van der Waals surface area (Å²) in [6, 6.07) is 21.9. The third kappa shape index (κ3) is 4.10. The van der Waals surface area contributed by atoms with Crippen LogP contribution >= 0.6 is 0 Å². The lowest BCUT2D eigenvalue weighted by Crippen LogP contribution is -2.44. The fourth-order valence-corrected chi connectivity index (χ4v) is 3.81. The van der Waals surface area contributed by atoms with Crippen molar-refractivity contribution in [2.24, 2.45) is 0 Å². The van der Waals surface area contributed by atoms with Crippen molar-refractivity contribution in [3.8, 4) is 0 Å². The molecule has 0 aliphatic carbocycles. The smallest absolute Gasteiger partial charge is 0.304 e. The summed E-state index contributed by atoms with van der Waals surface area (Å²) in [7, 11) is -0.939. The molecule has 0 saturated carbocycles. The Kier molecular flexibility index (Phi) is 5.43. The molecule has 7 heteroatoms. The van der Waals surface area contributed by atoms with Gasteiger partial charge in [0.05, 0.1) is 5.69 Å². The fourth-order valence-electron chi connectivity index (χ4n) is 2.75. The Bertz CT molecular complexity index is 1050. The van der Waals surface area contributed by atoms with Crippen molar-refractivity contribution in [1.29, 1.82) is 0 Å². The molecule has 3 aromatic carbocycles. The average Bonchev–Trinajstić information content (AvgIpc) is 2.67. The third-order valence-electron chi connectivity index (χ3n) is 4.14. The number of amides is 1. The van der Waals surface area contributed by atoms with Crippen LogP contribution < -0.4 is 9.62 Å². The largest absolute Gasteiger partial charge is 0.324 e. The van der Waals surface area contributed by atoms with Crippen molar-refractivity contribution in [1.82, 2.24) is 4.31 Å². The lowest BCUT2D eigenvalue weighted by Gasteiger charge is -2.27. The summed E-state index contributed by atoms with van der Waals surface area (Å²) in [6.45, 7) is -0.326. The predicted octanol–water partition coefficient (Wildman–Crippen LogP) is 3.09. The molecule has 3 rings (SSSR count). The van der Waals surface area contributed by atoms with Crippen LogP contribution in [0.3, 0.4) is 0 Å². The molecule has 3 aromatic rings. The molecule has 0 aliphatic rings. The highest BCUT2D eigenvalue weighted by Gasteiger charge is 2.27. The molecule has 0 saturated heterocycles. The zero-order valence-corrected chi connectivity index (χ0v) is 16.0. The number of benzene rings is 3. The zero-order chi connectivity index (χ0) is 19.4. The topological polar surface area (TPSA) is 69.7 Å². The van der Waals surface area contributed by atoms with E-state index in [2.05, 4.69) is 5.32 Å². The fraction of sp³-hybridized carbons (Fsp3) is 0.150. The van der Waals surface area contributed by atoms with Gasteiger partial charge < -0.3 is 5.32 Å². The van der Waals surface area contributed by atoms with Gasteiger partial charge in [-0.3, -0.25) is 4.79 Å². The normalized spacial score (nSPS) is 11.5. The molecule has 0 fully saturated rings. The highest BCUT2D eigenvalue weighted by Crippen LogP contribution is 2.24. The van der Waals surface area contributed by atoms with Gasteiger partial charge in [0.1, 0.15) is 6.54 Å². The predicted molar refractivity (Wildman–Crippen MR) is 109 cm³/mol. The third-order valence-corrected chi connectivity index (χ3v) is 5.95. The van der Waals surface area contributed by atoms with Crippen LogP contribution in [0.5, 0.6) is 0 Å². The molecule has 0 heterocycles. The second-order valence-corrected chi connectivity index (χ2v) is 8.27. The van der Waals surface area contributed by atoms with Gasteiger partial charge in [-0.1, -0.05) is 54.6 Å². The van der Waals surface area contributed by atoms with E-state index in [1.54, 1.807) is 36.4 Å². The number of anilines is 2. The standard InChI is InChI=1S/C20H21N3O3S/c1-22(2)27(25,26)23(17-11-4-3-5-12-17)15-20(24)21-19-14-8-10-16-9-6-7-13-18(16)19/h3-14H,15H2,1-2H3,(H,21,24). The maximum atomic E-state index is 12.7. The molecule has 0 bridgehead atoms. The van der Waals surface area contributed by atoms with Crippen molar-refractivity contribution < 1.29 is 13.2 Å². The van der Waals surface area contributed by atoms with E-state index in [0.29, 0.717) is 11.4 Å². The Balaban J connectivity index is 1.89. The van der Waals surface area contributed by atoms with E-state index in [0.717, 1.165) is 19.4 Å². The van der Waals surface area contributed by atoms with Crippen LogP contribution in [-0.2, 0) is 15.0 Å². The van der Waals surface area contributed by atoms with E-state index in [4.69, 9.17) is 0 Å². The summed E-state index contributed by atoms with van der Waals surface area (Å²) >= 11 is 0. The number of hydrogen-bond acceptors (Lipinski definition) is 3. The summed E-state index contributed by atoms with van der Waals surface area (Å²) in [5.41, 5.74) is 1.08. The average molecular weight is 383 g/mol. The minimum absolute atomic E-state index is 0.326. The number of nitrogens with one attached hydrogen (secondary N) is 1. The highest BCUT2D eigenvalue weighted by atomic mass is 32.2. The van der Waals surface area contributed by atoms with Crippen LogP contribution in [0.1, 0.15) is 0 Å². The van der Waals surface area contributed by atoms with E-state index >= 15 is 0 Å². The Labute approximate surface area is 159 Å². The summed E-state index contributed by atoms with van der Waals surface area (Å²) in [4.78, 5) is 12.7. The minimum atomic E-state index is -3.82. The van der Waals surface area contributed by atoms with Crippen molar-refractivity contribution >= 4 is 38.3 Å². The lowest BCUT2D eigenvalue weighted by atomic mass is 10.1. The number of fused-ring (bicyclic) bond motifs is 1. The monoisotopic (exact) mass is 383 g/mol. The number of hydrogen-bond donors (Lipinski definition) is 1. The molecular weight excluding hydrogens is 362 g/mol. The molecule has 1 N–H and O–H groups in total. The zero-order valence-electron chi connectivity index (χ0n) is 15.2. The van der Waals surface area contributed by atoms with Gasteiger partial charge in [-0.25, -0.2) is 4.31 Å². The van der Waals surface area contributed by atoms with E-state index in [-0.39, 0.29) is 6.54 Å². The second kappa shape index (κ2) is 7.77. The maximum Gasteiger partial charge on any atom is 0.304 e. The first-order valence-corrected chi connectivity index (χ1v) is 9.82. The van der Waals surface area contributed by atoms with Gasteiger partial charge in [0, 0.05) is 25.2 Å². The number of nitrogens with zero attached hydrogens (tertiary/aromatic N) is 2. The van der Waals surface area contributed by atoms with Gasteiger partial charge in [0.2, 0.25) is 5.91 Å². The van der Waals surface area contributed by atoms with Crippen LogP contribution in [0.25, 0.3) is 10.8 Å². The van der Waals surface area contributed by atoms with Crippen LogP contribution in [0.2, 0.25) is 0 Å². The molecule has 0 aliphatic heterocycles.